The van der Waals surface area contributed by atoms with E-state index >= 15 is 0 Å². The number of nitrogens with one attached hydrogen (secondary N) is 1. The number of hydrogen-bond donors (Lipinski definition) is 1. The number of carbonyl (C=O) groups is 1. The highest BCUT2D eigenvalue weighted by atomic mass is 35.5. The SMILES string of the molecule is CC(C)CN(CCN(C)C)C(=O)CCC1CCCN1.Cl. The number of halogens is 1. The second-order valence-corrected chi connectivity index (χ2v) is 6.37. The van der Waals surface area contributed by atoms with E-state index in [1.54, 1.807) is 0 Å². The fraction of sp³-hybridized carbons (Fsp3) is 0.933. The van der Waals surface area contributed by atoms with Crippen LogP contribution in [-0.4, -0.2) is 62.0 Å². The molecule has 5 heteroatoms. The highest BCUT2D eigenvalue weighted by Gasteiger charge is 2.19. The molecule has 1 amide bonds. The van der Waals surface area contributed by atoms with Crippen LogP contribution in [0.5, 0.6) is 0 Å². The minimum atomic E-state index is 0. The molecule has 1 aliphatic rings. The van der Waals surface area contributed by atoms with Crippen molar-refractivity contribution in [3.8, 4) is 0 Å². The van der Waals surface area contributed by atoms with Gasteiger partial charge in [0.2, 0.25) is 5.91 Å². The standard InChI is InChI=1S/C15H31N3O.ClH/c1-13(2)12-18(11-10-17(3)4)15(19)8-7-14-6-5-9-16-14;/h13-14,16H,5-12H2,1-4H3;1H. The summed E-state index contributed by atoms with van der Waals surface area (Å²) >= 11 is 0. The van der Waals surface area contributed by atoms with Gasteiger partial charge in [-0.2, -0.15) is 0 Å². The summed E-state index contributed by atoms with van der Waals surface area (Å²) in [5.74, 6) is 0.861. The topological polar surface area (TPSA) is 35.6 Å². The van der Waals surface area contributed by atoms with E-state index in [2.05, 4.69) is 38.2 Å². The molecule has 20 heavy (non-hydrogen) atoms. The van der Waals surface area contributed by atoms with Crippen molar-refractivity contribution < 1.29 is 4.79 Å². The van der Waals surface area contributed by atoms with Crippen LogP contribution in [-0.2, 0) is 4.79 Å². The lowest BCUT2D eigenvalue weighted by Crippen LogP contribution is -2.39. The van der Waals surface area contributed by atoms with Crippen molar-refractivity contribution in [2.75, 3.05) is 40.3 Å². The average Bonchev–Trinajstić information content (AvgIpc) is 2.83. The molecule has 0 aromatic carbocycles. The van der Waals surface area contributed by atoms with Gasteiger partial charge in [0, 0.05) is 32.1 Å². The van der Waals surface area contributed by atoms with Gasteiger partial charge in [0.05, 0.1) is 0 Å². The lowest BCUT2D eigenvalue weighted by molar-refractivity contribution is -0.132. The summed E-state index contributed by atoms with van der Waals surface area (Å²) in [5, 5.41) is 3.46. The van der Waals surface area contributed by atoms with Crippen molar-refractivity contribution >= 4 is 18.3 Å². The third kappa shape index (κ3) is 8.08. The molecule has 0 aliphatic carbocycles. The molecule has 1 aliphatic heterocycles. The van der Waals surface area contributed by atoms with Crippen LogP contribution in [0.3, 0.4) is 0 Å². The number of nitrogens with zero attached hydrogens (tertiary/aromatic N) is 2. The maximum Gasteiger partial charge on any atom is 0.222 e. The molecular formula is C15H32ClN3O. The van der Waals surface area contributed by atoms with Crippen LogP contribution in [0, 0.1) is 5.92 Å². The van der Waals surface area contributed by atoms with E-state index in [-0.39, 0.29) is 12.4 Å². The smallest absolute Gasteiger partial charge is 0.222 e. The molecule has 1 saturated heterocycles. The Morgan fingerprint density at radius 3 is 2.50 bits per heavy atom. The molecule has 1 fully saturated rings. The van der Waals surface area contributed by atoms with Gasteiger partial charge in [-0.1, -0.05) is 13.8 Å². The van der Waals surface area contributed by atoms with Crippen LogP contribution in [0.15, 0.2) is 0 Å². The Balaban J connectivity index is 0.00000361. The van der Waals surface area contributed by atoms with Crippen LogP contribution in [0.1, 0.15) is 39.5 Å². The monoisotopic (exact) mass is 305 g/mol. The Morgan fingerprint density at radius 2 is 2.00 bits per heavy atom. The number of hydrogen-bond acceptors (Lipinski definition) is 3. The van der Waals surface area contributed by atoms with E-state index < -0.39 is 0 Å². The molecule has 1 unspecified atom stereocenters. The van der Waals surface area contributed by atoms with Gasteiger partial charge in [-0.05, 0) is 45.8 Å². The van der Waals surface area contributed by atoms with Gasteiger partial charge < -0.3 is 15.1 Å². The van der Waals surface area contributed by atoms with Gasteiger partial charge in [-0.3, -0.25) is 4.79 Å². The normalized spacial score (nSPS) is 18.4. The van der Waals surface area contributed by atoms with E-state index in [0.717, 1.165) is 32.6 Å². The lowest BCUT2D eigenvalue weighted by atomic mass is 10.1. The number of likely N-dealkylation sites (N-methyl/N-ethyl adjacent to an activating group) is 1. The van der Waals surface area contributed by atoms with Gasteiger partial charge in [-0.25, -0.2) is 0 Å². The first-order chi connectivity index (χ1) is 8.99. The highest BCUT2D eigenvalue weighted by molar-refractivity contribution is 5.85. The van der Waals surface area contributed by atoms with E-state index in [9.17, 15) is 4.79 Å². The molecule has 0 aromatic heterocycles. The first-order valence-corrected chi connectivity index (χ1v) is 7.65. The van der Waals surface area contributed by atoms with Gasteiger partial charge >= 0.3 is 0 Å². The summed E-state index contributed by atoms with van der Waals surface area (Å²) in [4.78, 5) is 16.5. The molecule has 0 radical (unpaired) electrons. The summed E-state index contributed by atoms with van der Waals surface area (Å²) in [6.07, 6.45) is 4.18. The molecule has 1 atom stereocenters. The maximum absolute atomic E-state index is 12.3. The Kier molecular flexibility index (Phi) is 10.2. The van der Waals surface area contributed by atoms with Crippen LogP contribution < -0.4 is 5.32 Å². The molecule has 1 heterocycles. The Labute approximate surface area is 130 Å². The number of rotatable bonds is 8. The van der Waals surface area contributed by atoms with Crippen LogP contribution in [0.2, 0.25) is 0 Å². The third-order valence-corrected chi connectivity index (χ3v) is 3.62. The van der Waals surface area contributed by atoms with Crippen molar-refractivity contribution in [1.29, 1.82) is 0 Å². The largest absolute Gasteiger partial charge is 0.341 e. The van der Waals surface area contributed by atoms with E-state index in [4.69, 9.17) is 0 Å². The molecule has 4 nitrogen and oxygen atoms in total. The van der Waals surface area contributed by atoms with Crippen molar-refractivity contribution in [2.24, 2.45) is 5.92 Å². The zero-order chi connectivity index (χ0) is 14.3. The lowest BCUT2D eigenvalue weighted by Gasteiger charge is -2.26. The summed E-state index contributed by atoms with van der Waals surface area (Å²) < 4.78 is 0. The van der Waals surface area contributed by atoms with Gasteiger partial charge in [0.15, 0.2) is 0 Å². The Hall–Kier alpha value is -0.320. The summed E-state index contributed by atoms with van der Waals surface area (Å²) in [6, 6.07) is 0.568. The second-order valence-electron chi connectivity index (χ2n) is 6.37. The number of amides is 1. The van der Waals surface area contributed by atoms with Crippen molar-refractivity contribution in [3.05, 3.63) is 0 Å². The third-order valence-electron chi connectivity index (χ3n) is 3.62. The zero-order valence-corrected chi connectivity index (χ0v) is 14.3. The van der Waals surface area contributed by atoms with Gasteiger partial charge in [0.1, 0.15) is 0 Å². The van der Waals surface area contributed by atoms with Crippen LogP contribution in [0.4, 0.5) is 0 Å². The molecule has 120 valence electrons. The summed E-state index contributed by atoms with van der Waals surface area (Å²) in [6.45, 7) is 8.14. The summed E-state index contributed by atoms with van der Waals surface area (Å²) in [5.41, 5.74) is 0. The first-order valence-electron chi connectivity index (χ1n) is 7.65. The molecule has 0 aromatic rings. The average molecular weight is 306 g/mol. The van der Waals surface area contributed by atoms with E-state index in [1.165, 1.54) is 12.8 Å². The van der Waals surface area contributed by atoms with E-state index in [0.29, 0.717) is 24.3 Å². The molecule has 0 saturated carbocycles. The van der Waals surface area contributed by atoms with E-state index in [1.807, 2.05) is 4.90 Å². The predicted molar refractivity (Wildman–Crippen MR) is 87.5 cm³/mol. The first kappa shape index (κ1) is 19.7. The van der Waals surface area contributed by atoms with Gasteiger partial charge in [-0.15, -0.1) is 12.4 Å². The quantitative estimate of drug-likeness (QED) is 0.745. The minimum Gasteiger partial charge on any atom is -0.341 e. The fourth-order valence-electron chi connectivity index (χ4n) is 2.54. The molecular weight excluding hydrogens is 274 g/mol. The molecule has 1 rings (SSSR count). The van der Waals surface area contributed by atoms with Crippen molar-refractivity contribution in [1.82, 2.24) is 15.1 Å². The van der Waals surface area contributed by atoms with Gasteiger partial charge in [0.25, 0.3) is 0 Å². The molecule has 0 spiro atoms. The van der Waals surface area contributed by atoms with Crippen molar-refractivity contribution in [2.45, 2.75) is 45.6 Å². The predicted octanol–water partition coefficient (Wildman–Crippen LogP) is 1.99. The summed E-state index contributed by atoms with van der Waals surface area (Å²) in [7, 11) is 4.11. The maximum atomic E-state index is 12.3. The Morgan fingerprint density at radius 1 is 1.30 bits per heavy atom. The fourth-order valence-corrected chi connectivity index (χ4v) is 2.54. The van der Waals surface area contributed by atoms with Crippen LogP contribution in [0.25, 0.3) is 0 Å². The van der Waals surface area contributed by atoms with Crippen molar-refractivity contribution in [3.63, 3.8) is 0 Å². The molecule has 0 bridgehead atoms. The van der Waals surface area contributed by atoms with Crippen LogP contribution >= 0.6 is 12.4 Å². The second kappa shape index (κ2) is 10.4. The minimum absolute atomic E-state index is 0. The molecule has 1 N–H and O–H groups in total. The highest BCUT2D eigenvalue weighted by Crippen LogP contribution is 2.12. The Bertz CT molecular complexity index is 266. The number of carbonyl (C=O) groups excluding carboxylic acids is 1. The zero-order valence-electron chi connectivity index (χ0n) is 13.5.